The zero-order valence-electron chi connectivity index (χ0n) is 29.2. The van der Waals surface area contributed by atoms with Gasteiger partial charge in [-0.05, 0) is 74.5 Å². The number of hydrogen-bond donors (Lipinski definition) is 3. The first kappa shape index (κ1) is 36.0. The highest BCUT2D eigenvalue weighted by Gasteiger charge is 2.62. The maximum atomic E-state index is 14.3. The zero-order chi connectivity index (χ0) is 36.5. The number of allylic oxidation sites excluding steroid dienone is 2. The molecule has 5 atom stereocenters. The van der Waals surface area contributed by atoms with E-state index in [1.54, 1.807) is 4.90 Å². The smallest absolute Gasteiger partial charge is 0.410 e. The fourth-order valence-electron chi connectivity index (χ4n) is 7.72. The number of fused-ring (bicyclic) bond motifs is 4. The molecule has 52 heavy (non-hydrogen) atoms. The lowest BCUT2D eigenvalue weighted by atomic mass is 10.0. The highest BCUT2D eigenvalue weighted by Crippen LogP contribution is 2.46. The largest absolute Gasteiger partial charge is 0.450 e. The van der Waals surface area contributed by atoms with Gasteiger partial charge in [0.05, 0.1) is 24.9 Å². The summed E-state index contributed by atoms with van der Waals surface area (Å²) in [6.07, 6.45) is 12.2. The summed E-state index contributed by atoms with van der Waals surface area (Å²) in [4.78, 5) is 71.6. The molecule has 7 rings (SSSR count). The molecule has 14 nitrogen and oxygen atoms in total. The molecular formula is C37H47N5O9S. The highest BCUT2D eigenvalue weighted by molar-refractivity contribution is 7.91. The van der Waals surface area contributed by atoms with Crippen LogP contribution in [0, 0.1) is 5.92 Å². The second-order valence-electron chi connectivity index (χ2n) is 14.8. The van der Waals surface area contributed by atoms with E-state index in [1.165, 1.54) is 4.90 Å². The van der Waals surface area contributed by atoms with Gasteiger partial charge in [0.25, 0.3) is 5.91 Å². The van der Waals surface area contributed by atoms with Crippen molar-refractivity contribution in [2.24, 2.45) is 5.92 Å². The van der Waals surface area contributed by atoms with E-state index in [4.69, 9.17) is 9.47 Å². The number of cyclic esters (lactones) is 1. The molecule has 0 aromatic heterocycles. The third-order valence-electron chi connectivity index (χ3n) is 11.0. The van der Waals surface area contributed by atoms with Gasteiger partial charge in [-0.15, -0.1) is 0 Å². The molecule has 280 valence electrons. The molecule has 0 radical (unpaired) electrons. The molecule has 4 aliphatic heterocycles. The SMILES string of the molecule is O=C1N[C@H]2CCCCC/C=C\[C@H]3C[C@@]3(C(=O)NS(=O)(=O)C3CC3)NC(=O)[C@@H]3C[C@H](CN3C2=O)OC(=O)N2Cc3cccc(c3C2)/C=C\CCCCO1. The summed E-state index contributed by atoms with van der Waals surface area (Å²) in [5.41, 5.74) is 1.54. The van der Waals surface area contributed by atoms with Crippen LogP contribution in [-0.4, -0.2) is 90.3 Å². The number of carbonyl (C=O) groups is 5. The summed E-state index contributed by atoms with van der Waals surface area (Å²) in [5.74, 6) is -2.43. The standard InChI is InChI=1S/C37H47N5O9S/c43-32-31-19-27-22-42(31)33(44)30(15-8-3-1-2-7-14-26-20-37(26,39-32)34(45)40-52(48,49)28-16-17-28)38-35(46)50-18-9-5-4-6-11-24-12-10-13-25-21-41(23-29(24)25)36(47)51-27/h6-7,10-14,26-28,30-31H,1-5,8-9,15-23H2,(H,38,46)(H,39,43)(H,40,45)/b11-6-,14-7-/t26-,27+,30-,31-,37+/m0/s1. The lowest BCUT2D eigenvalue weighted by molar-refractivity contribution is -0.141. The molecule has 1 aromatic carbocycles. The van der Waals surface area contributed by atoms with E-state index in [-0.39, 0.29) is 26.0 Å². The second kappa shape index (κ2) is 14.9. The van der Waals surface area contributed by atoms with E-state index in [0.717, 1.165) is 42.4 Å². The summed E-state index contributed by atoms with van der Waals surface area (Å²) in [5, 5.41) is 4.93. The molecule has 15 heteroatoms. The fourth-order valence-corrected chi connectivity index (χ4v) is 9.08. The Labute approximate surface area is 303 Å². The van der Waals surface area contributed by atoms with Crippen molar-refractivity contribution in [2.75, 3.05) is 13.2 Å². The van der Waals surface area contributed by atoms with Gasteiger partial charge in [-0.25, -0.2) is 18.0 Å². The molecule has 1 saturated heterocycles. The average Bonchev–Trinajstić information content (AvgIpc) is 3.99. The molecule has 5 bridgehead atoms. The minimum atomic E-state index is -3.89. The molecule has 2 aliphatic carbocycles. The van der Waals surface area contributed by atoms with E-state index in [0.29, 0.717) is 51.6 Å². The third kappa shape index (κ3) is 7.83. The Kier molecular flexibility index (Phi) is 10.3. The van der Waals surface area contributed by atoms with E-state index in [9.17, 15) is 32.4 Å². The summed E-state index contributed by atoms with van der Waals surface area (Å²) in [6, 6.07) is 3.77. The molecule has 0 unspecified atom stereocenters. The van der Waals surface area contributed by atoms with E-state index >= 15 is 0 Å². The summed E-state index contributed by atoms with van der Waals surface area (Å²) < 4.78 is 39.2. The van der Waals surface area contributed by atoms with Crippen molar-refractivity contribution in [1.82, 2.24) is 25.2 Å². The maximum absolute atomic E-state index is 14.3. The molecule has 5 amide bonds. The van der Waals surface area contributed by atoms with Crippen LogP contribution in [0.5, 0.6) is 0 Å². The van der Waals surface area contributed by atoms with Gasteiger partial charge in [0.1, 0.15) is 23.7 Å². The van der Waals surface area contributed by atoms with E-state index in [1.807, 2.05) is 36.4 Å². The van der Waals surface area contributed by atoms with Crippen LogP contribution in [-0.2, 0) is 47.0 Å². The number of ether oxygens (including phenoxy) is 2. The van der Waals surface area contributed by atoms with Crippen molar-refractivity contribution in [1.29, 1.82) is 0 Å². The number of sulfonamides is 1. The van der Waals surface area contributed by atoms with Gasteiger partial charge < -0.3 is 25.0 Å². The Bertz CT molecular complexity index is 1780. The van der Waals surface area contributed by atoms with Crippen molar-refractivity contribution in [2.45, 2.75) is 119 Å². The Hall–Kier alpha value is -4.40. The Morgan fingerprint density at radius 3 is 2.60 bits per heavy atom. The van der Waals surface area contributed by atoms with Crippen LogP contribution in [0.25, 0.3) is 6.08 Å². The number of alkyl carbamates (subject to hydrolysis) is 1. The number of hydrogen-bond acceptors (Lipinski definition) is 9. The molecule has 3 N–H and O–H groups in total. The maximum Gasteiger partial charge on any atom is 0.410 e. The number of nitrogens with one attached hydrogen (secondary N) is 3. The lowest BCUT2D eigenvalue weighted by Crippen LogP contribution is -2.58. The van der Waals surface area contributed by atoms with Crippen LogP contribution in [0.15, 0.2) is 36.4 Å². The van der Waals surface area contributed by atoms with Crippen LogP contribution in [0.1, 0.15) is 93.7 Å². The average molecular weight is 738 g/mol. The minimum absolute atomic E-state index is 0.0478. The van der Waals surface area contributed by atoms with Gasteiger partial charge >= 0.3 is 12.2 Å². The van der Waals surface area contributed by atoms with E-state index in [2.05, 4.69) is 21.4 Å². The van der Waals surface area contributed by atoms with Crippen molar-refractivity contribution >= 4 is 46.0 Å². The molecule has 2 saturated carbocycles. The normalized spacial score (nSPS) is 31.5. The minimum Gasteiger partial charge on any atom is -0.450 e. The van der Waals surface area contributed by atoms with Crippen LogP contribution in [0.4, 0.5) is 9.59 Å². The monoisotopic (exact) mass is 737 g/mol. The number of carbonyl (C=O) groups excluding carboxylic acids is 5. The van der Waals surface area contributed by atoms with Crippen molar-refractivity contribution in [3.8, 4) is 0 Å². The van der Waals surface area contributed by atoms with Crippen LogP contribution < -0.4 is 15.4 Å². The lowest BCUT2D eigenvalue weighted by Gasteiger charge is -2.29. The Morgan fingerprint density at radius 2 is 1.77 bits per heavy atom. The first-order valence-electron chi connectivity index (χ1n) is 18.6. The number of amides is 5. The topological polar surface area (TPSA) is 181 Å². The molecule has 1 aromatic rings. The number of benzene rings is 1. The van der Waals surface area contributed by atoms with Gasteiger partial charge in [-0.3, -0.25) is 24.0 Å². The van der Waals surface area contributed by atoms with Crippen molar-refractivity contribution < 1.29 is 41.9 Å². The number of nitrogens with zero attached hydrogens (tertiary/aromatic N) is 2. The Morgan fingerprint density at radius 1 is 0.962 bits per heavy atom. The van der Waals surface area contributed by atoms with Gasteiger partial charge in [-0.1, -0.05) is 55.3 Å². The van der Waals surface area contributed by atoms with Gasteiger partial charge in [-0.2, -0.15) is 0 Å². The summed E-state index contributed by atoms with van der Waals surface area (Å²) >= 11 is 0. The molecular weight excluding hydrogens is 690 g/mol. The van der Waals surface area contributed by atoms with Crippen LogP contribution >= 0.6 is 0 Å². The fraction of sp³-hybridized carbons (Fsp3) is 0.595. The first-order valence-corrected chi connectivity index (χ1v) is 20.1. The quantitative estimate of drug-likeness (QED) is 0.392. The van der Waals surface area contributed by atoms with Crippen molar-refractivity contribution in [3.63, 3.8) is 0 Å². The third-order valence-corrected chi connectivity index (χ3v) is 12.8. The first-order chi connectivity index (χ1) is 25.0. The Balaban J connectivity index is 1.17. The molecule has 3 fully saturated rings. The predicted octanol–water partition coefficient (Wildman–Crippen LogP) is 3.40. The highest BCUT2D eigenvalue weighted by atomic mass is 32.2. The number of rotatable bonds is 3. The summed E-state index contributed by atoms with van der Waals surface area (Å²) in [7, 11) is -3.89. The van der Waals surface area contributed by atoms with Crippen molar-refractivity contribution in [3.05, 3.63) is 53.1 Å². The van der Waals surface area contributed by atoms with Crippen LogP contribution in [0.2, 0.25) is 0 Å². The van der Waals surface area contributed by atoms with Gasteiger partial charge in [0.15, 0.2) is 0 Å². The van der Waals surface area contributed by atoms with Crippen LogP contribution in [0.3, 0.4) is 0 Å². The second-order valence-corrected chi connectivity index (χ2v) is 16.8. The zero-order valence-corrected chi connectivity index (χ0v) is 30.0. The van der Waals surface area contributed by atoms with Gasteiger partial charge in [0.2, 0.25) is 21.8 Å². The van der Waals surface area contributed by atoms with Gasteiger partial charge in [0, 0.05) is 18.9 Å². The summed E-state index contributed by atoms with van der Waals surface area (Å²) in [6.45, 7) is 0.781. The molecule has 6 aliphatic rings. The molecule has 0 spiro atoms. The van der Waals surface area contributed by atoms with E-state index < -0.39 is 74.8 Å². The predicted molar refractivity (Wildman–Crippen MR) is 189 cm³/mol. The molecule has 4 heterocycles.